The normalized spacial score (nSPS) is 19.2. The van der Waals surface area contributed by atoms with Gasteiger partial charge in [0.05, 0.1) is 10.7 Å². The highest BCUT2D eigenvalue weighted by Crippen LogP contribution is 2.39. The molecule has 1 saturated carbocycles. The van der Waals surface area contributed by atoms with Crippen molar-refractivity contribution in [1.29, 1.82) is 0 Å². The fourth-order valence-corrected chi connectivity index (χ4v) is 3.94. The number of nitrogens with two attached hydrogens (primary N) is 1. The first-order valence-electron chi connectivity index (χ1n) is 6.39. The van der Waals surface area contributed by atoms with Crippen LogP contribution in [-0.2, 0) is 0 Å². The van der Waals surface area contributed by atoms with E-state index in [9.17, 15) is 0 Å². The van der Waals surface area contributed by atoms with E-state index in [1.54, 1.807) is 0 Å². The number of thiazole rings is 1. The van der Waals surface area contributed by atoms with Gasteiger partial charge in [0.15, 0.2) is 0 Å². The average molecular weight is 238 g/mol. The van der Waals surface area contributed by atoms with Crippen LogP contribution in [0.1, 0.15) is 66.4 Å². The molecule has 2 N–H and O–H groups in total. The minimum Gasteiger partial charge on any atom is -0.330 e. The molecule has 0 amide bonds. The summed E-state index contributed by atoms with van der Waals surface area (Å²) >= 11 is 1.94. The van der Waals surface area contributed by atoms with Gasteiger partial charge in [0, 0.05) is 10.8 Å². The lowest BCUT2D eigenvalue weighted by atomic mass is 10.1. The van der Waals surface area contributed by atoms with Crippen LogP contribution in [0.25, 0.3) is 0 Å². The van der Waals surface area contributed by atoms with Gasteiger partial charge in [0.2, 0.25) is 0 Å². The first-order chi connectivity index (χ1) is 7.72. The van der Waals surface area contributed by atoms with Crippen molar-refractivity contribution < 1.29 is 0 Å². The summed E-state index contributed by atoms with van der Waals surface area (Å²) in [5.74, 6) is 1.33. The molecular weight excluding hydrogens is 216 g/mol. The zero-order valence-electron chi connectivity index (χ0n) is 10.3. The van der Waals surface area contributed by atoms with Gasteiger partial charge in [-0.25, -0.2) is 4.98 Å². The minimum absolute atomic E-state index is 0.581. The van der Waals surface area contributed by atoms with E-state index in [1.165, 1.54) is 41.3 Å². The van der Waals surface area contributed by atoms with Crippen LogP contribution < -0.4 is 5.73 Å². The molecule has 0 bridgehead atoms. The zero-order valence-corrected chi connectivity index (χ0v) is 11.1. The SMILES string of the molecule is Cc1nc(C2CCCC2)sc1C(C)CCN. The topological polar surface area (TPSA) is 38.9 Å². The Bertz CT molecular complexity index is 340. The second-order valence-corrected chi connectivity index (χ2v) is 6.02. The third kappa shape index (κ3) is 2.46. The van der Waals surface area contributed by atoms with Crippen molar-refractivity contribution in [2.75, 3.05) is 6.54 Å². The average Bonchev–Trinajstić information content (AvgIpc) is 2.86. The van der Waals surface area contributed by atoms with Gasteiger partial charge in [-0.05, 0) is 38.6 Å². The van der Waals surface area contributed by atoms with Gasteiger partial charge in [0.1, 0.15) is 0 Å². The van der Waals surface area contributed by atoms with E-state index in [2.05, 4.69) is 13.8 Å². The summed E-state index contributed by atoms with van der Waals surface area (Å²) in [5.41, 5.74) is 6.87. The summed E-state index contributed by atoms with van der Waals surface area (Å²) in [4.78, 5) is 6.24. The van der Waals surface area contributed by atoms with E-state index in [-0.39, 0.29) is 0 Å². The maximum Gasteiger partial charge on any atom is 0.0961 e. The van der Waals surface area contributed by atoms with E-state index in [0.29, 0.717) is 5.92 Å². The Morgan fingerprint density at radius 2 is 2.12 bits per heavy atom. The van der Waals surface area contributed by atoms with Crippen molar-refractivity contribution in [3.8, 4) is 0 Å². The van der Waals surface area contributed by atoms with Crippen LogP contribution in [0.5, 0.6) is 0 Å². The number of hydrogen-bond acceptors (Lipinski definition) is 3. The number of nitrogens with zero attached hydrogens (tertiary/aromatic N) is 1. The van der Waals surface area contributed by atoms with Gasteiger partial charge in [-0.2, -0.15) is 0 Å². The van der Waals surface area contributed by atoms with Crippen LogP contribution in [0.15, 0.2) is 0 Å². The van der Waals surface area contributed by atoms with Crippen LogP contribution in [0.3, 0.4) is 0 Å². The molecule has 0 saturated heterocycles. The molecule has 1 fully saturated rings. The first-order valence-corrected chi connectivity index (χ1v) is 7.21. The van der Waals surface area contributed by atoms with Crippen molar-refractivity contribution in [3.63, 3.8) is 0 Å². The molecule has 1 unspecified atom stereocenters. The number of rotatable bonds is 4. The predicted octanol–water partition coefficient (Wildman–Crippen LogP) is 3.56. The van der Waals surface area contributed by atoms with Crippen molar-refractivity contribution in [2.24, 2.45) is 5.73 Å². The second kappa shape index (κ2) is 5.28. The number of aryl methyl sites for hydroxylation is 1. The Kier molecular flexibility index (Phi) is 3.98. The van der Waals surface area contributed by atoms with Crippen molar-refractivity contribution >= 4 is 11.3 Å². The molecule has 16 heavy (non-hydrogen) atoms. The van der Waals surface area contributed by atoms with Gasteiger partial charge < -0.3 is 5.73 Å². The van der Waals surface area contributed by atoms with E-state index in [0.717, 1.165) is 18.9 Å². The Balaban J connectivity index is 2.14. The van der Waals surface area contributed by atoms with Gasteiger partial charge in [-0.15, -0.1) is 11.3 Å². The van der Waals surface area contributed by atoms with E-state index >= 15 is 0 Å². The van der Waals surface area contributed by atoms with E-state index in [4.69, 9.17) is 10.7 Å². The summed E-state index contributed by atoms with van der Waals surface area (Å²) in [6.45, 7) is 5.19. The fourth-order valence-electron chi connectivity index (χ4n) is 2.62. The lowest BCUT2D eigenvalue weighted by molar-refractivity contribution is 0.694. The lowest BCUT2D eigenvalue weighted by Crippen LogP contribution is -2.04. The Morgan fingerprint density at radius 1 is 1.44 bits per heavy atom. The van der Waals surface area contributed by atoms with Gasteiger partial charge >= 0.3 is 0 Å². The highest BCUT2D eigenvalue weighted by Gasteiger charge is 2.22. The molecule has 1 aromatic rings. The Morgan fingerprint density at radius 3 is 2.75 bits per heavy atom. The fraction of sp³-hybridized carbons (Fsp3) is 0.769. The van der Waals surface area contributed by atoms with Gasteiger partial charge in [-0.3, -0.25) is 0 Å². The third-order valence-corrected chi connectivity index (χ3v) is 5.15. The first kappa shape index (κ1) is 12.1. The molecule has 3 heteroatoms. The Labute approximate surface area is 102 Å². The van der Waals surface area contributed by atoms with Gasteiger partial charge in [0.25, 0.3) is 0 Å². The van der Waals surface area contributed by atoms with Crippen LogP contribution in [0.2, 0.25) is 0 Å². The number of hydrogen-bond donors (Lipinski definition) is 1. The highest BCUT2D eigenvalue weighted by atomic mass is 32.1. The van der Waals surface area contributed by atoms with Gasteiger partial charge in [-0.1, -0.05) is 19.8 Å². The molecule has 1 atom stereocenters. The molecule has 1 aromatic heterocycles. The molecule has 2 nitrogen and oxygen atoms in total. The van der Waals surface area contributed by atoms with Crippen molar-refractivity contribution in [3.05, 3.63) is 15.6 Å². The second-order valence-electron chi connectivity index (χ2n) is 4.96. The molecule has 90 valence electrons. The van der Waals surface area contributed by atoms with Crippen molar-refractivity contribution in [1.82, 2.24) is 4.98 Å². The predicted molar refractivity (Wildman–Crippen MR) is 70.1 cm³/mol. The molecule has 0 aliphatic heterocycles. The molecule has 1 heterocycles. The zero-order chi connectivity index (χ0) is 11.5. The summed E-state index contributed by atoms with van der Waals surface area (Å²) in [6.07, 6.45) is 6.54. The number of aromatic nitrogens is 1. The summed E-state index contributed by atoms with van der Waals surface area (Å²) in [6, 6.07) is 0. The highest BCUT2D eigenvalue weighted by molar-refractivity contribution is 7.11. The maximum atomic E-state index is 5.63. The van der Waals surface area contributed by atoms with Crippen LogP contribution in [-0.4, -0.2) is 11.5 Å². The Hall–Kier alpha value is -0.410. The maximum absolute atomic E-state index is 5.63. The standard InChI is InChI=1S/C13H22N2S/c1-9(7-8-14)12-10(2)15-13(16-12)11-5-3-4-6-11/h9,11H,3-8,14H2,1-2H3. The largest absolute Gasteiger partial charge is 0.330 e. The lowest BCUT2D eigenvalue weighted by Gasteiger charge is -2.07. The van der Waals surface area contributed by atoms with E-state index < -0.39 is 0 Å². The quantitative estimate of drug-likeness (QED) is 0.871. The van der Waals surface area contributed by atoms with Crippen LogP contribution in [0, 0.1) is 6.92 Å². The molecule has 2 rings (SSSR count). The minimum atomic E-state index is 0.581. The van der Waals surface area contributed by atoms with Crippen LogP contribution in [0.4, 0.5) is 0 Å². The molecule has 0 radical (unpaired) electrons. The summed E-state index contributed by atoms with van der Waals surface area (Å²) in [7, 11) is 0. The third-order valence-electron chi connectivity index (χ3n) is 3.60. The van der Waals surface area contributed by atoms with E-state index in [1.807, 2.05) is 11.3 Å². The molecule has 0 aromatic carbocycles. The summed E-state index contributed by atoms with van der Waals surface area (Å²) < 4.78 is 0. The summed E-state index contributed by atoms with van der Waals surface area (Å²) in [5, 5.41) is 1.38. The molecule has 1 aliphatic rings. The van der Waals surface area contributed by atoms with Crippen molar-refractivity contribution in [2.45, 2.75) is 57.8 Å². The molecule has 0 spiro atoms. The molecule has 1 aliphatic carbocycles. The monoisotopic (exact) mass is 238 g/mol. The molecular formula is C13H22N2S. The van der Waals surface area contributed by atoms with Crippen LogP contribution >= 0.6 is 11.3 Å². The smallest absolute Gasteiger partial charge is 0.0961 e.